The van der Waals surface area contributed by atoms with Crippen LogP contribution in [-0.2, 0) is 15.9 Å². The van der Waals surface area contributed by atoms with Gasteiger partial charge in [0, 0.05) is 10.9 Å². The van der Waals surface area contributed by atoms with Gasteiger partial charge in [-0.2, -0.15) is 0 Å². The maximum absolute atomic E-state index is 5.71. The third-order valence-corrected chi connectivity index (χ3v) is 4.75. The molecule has 100 valence electrons. The third-order valence-electron chi connectivity index (χ3n) is 3.75. The summed E-state index contributed by atoms with van der Waals surface area (Å²) in [5, 5.41) is 5.90. The molecule has 0 saturated carbocycles. The highest BCUT2D eigenvalue weighted by Crippen LogP contribution is 2.33. The fourth-order valence-electron chi connectivity index (χ4n) is 2.73. The van der Waals surface area contributed by atoms with Crippen molar-refractivity contribution in [1.82, 2.24) is 5.32 Å². The molecule has 0 radical (unpaired) electrons. The zero-order valence-electron chi connectivity index (χ0n) is 11.1. The highest BCUT2D eigenvalue weighted by molar-refractivity contribution is 7.10. The first-order chi connectivity index (χ1) is 8.64. The molecule has 2 aliphatic rings. The number of thiophene rings is 1. The maximum Gasteiger partial charge on any atom is 0.162 e. The lowest BCUT2D eigenvalue weighted by Crippen LogP contribution is -2.49. The molecule has 1 aromatic heterocycles. The number of hydrogen-bond donors (Lipinski definition) is 1. The summed E-state index contributed by atoms with van der Waals surface area (Å²) in [5.41, 5.74) is 1.50. The molecule has 3 nitrogen and oxygen atoms in total. The van der Waals surface area contributed by atoms with Crippen molar-refractivity contribution in [1.29, 1.82) is 0 Å². The molecule has 18 heavy (non-hydrogen) atoms. The first-order valence-electron chi connectivity index (χ1n) is 6.74. The highest BCUT2D eigenvalue weighted by Gasteiger charge is 2.30. The molecule has 1 saturated heterocycles. The summed E-state index contributed by atoms with van der Waals surface area (Å²) in [5.74, 6) is -0.418. The van der Waals surface area contributed by atoms with Crippen molar-refractivity contribution >= 4 is 11.3 Å². The molecule has 0 amide bonds. The smallest absolute Gasteiger partial charge is 0.162 e. The molecule has 1 fully saturated rings. The first kappa shape index (κ1) is 12.6. The summed E-state index contributed by atoms with van der Waals surface area (Å²) in [7, 11) is 0. The van der Waals surface area contributed by atoms with Crippen LogP contribution in [0.4, 0.5) is 0 Å². The number of nitrogens with one attached hydrogen (secondary N) is 1. The van der Waals surface area contributed by atoms with Crippen molar-refractivity contribution in [2.45, 2.75) is 51.0 Å². The van der Waals surface area contributed by atoms with E-state index in [9.17, 15) is 0 Å². The van der Waals surface area contributed by atoms with Crippen LogP contribution in [0.3, 0.4) is 0 Å². The lowest BCUT2D eigenvalue weighted by atomic mass is 9.93. The molecule has 0 aromatic carbocycles. The molecule has 1 aliphatic heterocycles. The summed E-state index contributed by atoms with van der Waals surface area (Å²) in [6.45, 7) is 5.42. The minimum absolute atomic E-state index is 0.314. The minimum atomic E-state index is -0.418. The van der Waals surface area contributed by atoms with Crippen LogP contribution in [0.1, 0.15) is 43.2 Å². The topological polar surface area (TPSA) is 30.5 Å². The van der Waals surface area contributed by atoms with E-state index in [1.165, 1.54) is 24.8 Å². The van der Waals surface area contributed by atoms with Crippen LogP contribution in [0, 0.1) is 0 Å². The van der Waals surface area contributed by atoms with E-state index in [4.69, 9.17) is 9.47 Å². The molecule has 1 aromatic rings. The van der Waals surface area contributed by atoms with Gasteiger partial charge in [0.25, 0.3) is 0 Å². The lowest BCUT2D eigenvalue weighted by Gasteiger charge is -2.37. The summed E-state index contributed by atoms with van der Waals surface area (Å²) in [6, 6.07) is 3.07. The number of ether oxygens (including phenoxy) is 2. The summed E-state index contributed by atoms with van der Waals surface area (Å²) >= 11 is 1.89. The molecule has 1 aliphatic carbocycles. The highest BCUT2D eigenvalue weighted by atomic mass is 32.1. The number of rotatable bonds is 2. The van der Waals surface area contributed by atoms with Gasteiger partial charge in [-0.3, -0.25) is 0 Å². The van der Waals surface area contributed by atoms with Crippen LogP contribution in [0.25, 0.3) is 0 Å². The van der Waals surface area contributed by atoms with Gasteiger partial charge in [0.1, 0.15) is 0 Å². The van der Waals surface area contributed by atoms with Gasteiger partial charge in [-0.05, 0) is 50.1 Å². The Hall–Kier alpha value is -0.420. The summed E-state index contributed by atoms with van der Waals surface area (Å²) in [6.07, 6.45) is 3.75. The van der Waals surface area contributed by atoms with Crippen molar-refractivity contribution < 1.29 is 9.47 Å². The van der Waals surface area contributed by atoms with Gasteiger partial charge in [0.05, 0.1) is 19.3 Å². The summed E-state index contributed by atoms with van der Waals surface area (Å²) in [4.78, 5) is 1.55. The minimum Gasteiger partial charge on any atom is -0.349 e. The third kappa shape index (κ3) is 2.62. The number of hydrogen-bond acceptors (Lipinski definition) is 4. The van der Waals surface area contributed by atoms with Crippen LogP contribution in [-0.4, -0.2) is 25.0 Å². The molecule has 2 heterocycles. The Kier molecular flexibility index (Phi) is 3.45. The molecular formula is C14H21NO2S. The van der Waals surface area contributed by atoms with Gasteiger partial charge < -0.3 is 14.8 Å². The Balaban J connectivity index is 1.62. The molecular weight excluding hydrogens is 246 g/mol. The number of fused-ring (bicyclic) bond motifs is 1. The van der Waals surface area contributed by atoms with E-state index in [-0.39, 0.29) is 0 Å². The van der Waals surface area contributed by atoms with Gasteiger partial charge in [-0.1, -0.05) is 0 Å². The van der Waals surface area contributed by atoms with E-state index in [0.29, 0.717) is 12.1 Å². The van der Waals surface area contributed by atoms with Crippen LogP contribution < -0.4 is 5.32 Å². The zero-order chi connectivity index (χ0) is 12.6. The predicted molar refractivity (Wildman–Crippen MR) is 72.9 cm³/mol. The van der Waals surface area contributed by atoms with Crippen molar-refractivity contribution in [3.8, 4) is 0 Å². The molecule has 3 rings (SSSR count). The normalized spacial score (nSPS) is 28.0. The monoisotopic (exact) mass is 267 g/mol. The summed E-state index contributed by atoms with van der Waals surface area (Å²) < 4.78 is 11.4. The second-order valence-corrected chi connectivity index (χ2v) is 6.63. The van der Waals surface area contributed by atoms with E-state index >= 15 is 0 Å². The molecule has 1 N–H and O–H groups in total. The largest absolute Gasteiger partial charge is 0.349 e. The van der Waals surface area contributed by atoms with Crippen LogP contribution in [0.2, 0.25) is 0 Å². The predicted octanol–water partition coefficient (Wildman–Crippen LogP) is 2.87. The molecule has 4 heteroatoms. The Labute approximate surface area is 112 Å². The van der Waals surface area contributed by atoms with Gasteiger partial charge in [-0.15, -0.1) is 11.3 Å². The van der Waals surface area contributed by atoms with E-state index in [0.717, 1.165) is 13.2 Å². The lowest BCUT2D eigenvalue weighted by molar-refractivity contribution is -0.253. The Morgan fingerprint density at radius 1 is 1.33 bits per heavy atom. The van der Waals surface area contributed by atoms with E-state index < -0.39 is 5.79 Å². The molecule has 0 bridgehead atoms. The van der Waals surface area contributed by atoms with Gasteiger partial charge in [0.15, 0.2) is 5.79 Å². The van der Waals surface area contributed by atoms with Crippen LogP contribution >= 0.6 is 11.3 Å². The van der Waals surface area contributed by atoms with E-state index in [2.05, 4.69) is 16.8 Å². The van der Waals surface area contributed by atoms with E-state index in [1.54, 1.807) is 4.88 Å². The Bertz CT molecular complexity index is 406. The SMILES string of the molecule is CC1(C)OCC(NC2CCCc3sccc32)CO1. The van der Waals surface area contributed by atoms with Gasteiger partial charge in [0.2, 0.25) is 0 Å². The average Bonchev–Trinajstić information content (AvgIpc) is 2.81. The van der Waals surface area contributed by atoms with Crippen LogP contribution in [0.5, 0.6) is 0 Å². The standard InChI is InChI=1S/C14H21NO2S/c1-14(2)16-8-10(9-17-14)15-12-4-3-5-13-11(12)6-7-18-13/h6-7,10,12,15H,3-5,8-9H2,1-2H3. The van der Waals surface area contributed by atoms with E-state index in [1.807, 2.05) is 25.2 Å². The molecule has 0 spiro atoms. The van der Waals surface area contributed by atoms with Crippen molar-refractivity contribution in [3.63, 3.8) is 0 Å². The molecule has 1 unspecified atom stereocenters. The average molecular weight is 267 g/mol. The van der Waals surface area contributed by atoms with Crippen LogP contribution in [0.15, 0.2) is 11.4 Å². The van der Waals surface area contributed by atoms with Gasteiger partial charge >= 0.3 is 0 Å². The van der Waals surface area contributed by atoms with Crippen molar-refractivity contribution in [3.05, 3.63) is 21.9 Å². The second kappa shape index (κ2) is 4.93. The second-order valence-electron chi connectivity index (χ2n) is 5.63. The molecule has 1 atom stereocenters. The maximum atomic E-state index is 5.71. The quantitative estimate of drug-likeness (QED) is 0.894. The fourth-order valence-corrected chi connectivity index (χ4v) is 3.72. The van der Waals surface area contributed by atoms with Gasteiger partial charge in [-0.25, -0.2) is 0 Å². The van der Waals surface area contributed by atoms with Crippen molar-refractivity contribution in [2.24, 2.45) is 0 Å². The van der Waals surface area contributed by atoms with Crippen molar-refractivity contribution in [2.75, 3.05) is 13.2 Å². The Morgan fingerprint density at radius 2 is 2.11 bits per heavy atom. The number of aryl methyl sites for hydroxylation is 1. The fraction of sp³-hybridized carbons (Fsp3) is 0.714. The zero-order valence-corrected chi connectivity index (χ0v) is 11.9. The Morgan fingerprint density at radius 3 is 2.89 bits per heavy atom. The first-order valence-corrected chi connectivity index (χ1v) is 7.62.